The van der Waals surface area contributed by atoms with Gasteiger partial charge in [-0.25, -0.2) is 8.42 Å². The lowest BCUT2D eigenvalue weighted by Gasteiger charge is -1.99. The third-order valence-electron chi connectivity index (χ3n) is 2.64. The lowest BCUT2D eigenvalue weighted by Crippen LogP contribution is -2.09. The second-order valence-corrected chi connectivity index (χ2v) is 7.14. The molecule has 0 spiro atoms. The van der Waals surface area contributed by atoms with Crippen molar-refractivity contribution in [2.24, 2.45) is 0 Å². The molecule has 1 N–H and O–H groups in total. The van der Waals surface area contributed by atoms with E-state index in [0.717, 1.165) is 0 Å². The molecule has 0 saturated heterocycles. The molecule has 2 rings (SSSR count). The number of rotatable bonds is 6. The molecule has 1 aromatic carbocycles. The molecule has 22 heavy (non-hydrogen) atoms. The molecule has 0 radical (unpaired) electrons. The molecule has 0 saturated carbocycles. The van der Waals surface area contributed by atoms with Crippen LogP contribution in [0.2, 0.25) is 10.0 Å². The van der Waals surface area contributed by atoms with Gasteiger partial charge in [-0.2, -0.15) is 0 Å². The van der Waals surface area contributed by atoms with Crippen LogP contribution in [0.15, 0.2) is 27.8 Å². The van der Waals surface area contributed by atoms with Gasteiger partial charge in [-0.15, -0.1) is 5.10 Å². The second kappa shape index (κ2) is 6.64. The van der Waals surface area contributed by atoms with Crippen molar-refractivity contribution in [1.82, 2.24) is 10.2 Å². The average molecular weight is 365 g/mol. The maximum atomic E-state index is 12.0. The molecule has 0 atom stereocenters. The van der Waals surface area contributed by atoms with Crippen molar-refractivity contribution in [3.8, 4) is 11.5 Å². The first kappa shape index (κ1) is 16.7. The van der Waals surface area contributed by atoms with Crippen LogP contribution in [0.3, 0.4) is 0 Å². The fourth-order valence-corrected chi connectivity index (χ4v) is 3.17. The topological polar surface area (TPSA) is 110 Å². The third kappa shape index (κ3) is 3.96. The van der Waals surface area contributed by atoms with Gasteiger partial charge < -0.3 is 9.52 Å². The summed E-state index contributed by atoms with van der Waals surface area (Å²) in [6.07, 6.45) is -0.305. The SMILES string of the molecule is O=C(O)CCCS(=O)(=O)c1nnc(-c2ccc(Cl)cc2Cl)o1. The van der Waals surface area contributed by atoms with Crippen LogP contribution in [-0.4, -0.2) is 35.4 Å². The highest BCUT2D eigenvalue weighted by atomic mass is 35.5. The van der Waals surface area contributed by atoms with E-state index in [-0.39, 0.29) is 23.8 Å². The van der Waals surface area contributed by atoms with Crippen molar-refractivity contribution in [2.75, 3.05) is 5.75 Å². The molecule has 7 nitrogen and oxygen atoms in total. The number of halogens is 2. The number of aromatic nitrogens is 2. The summed E-state index contributed by atoms with van der Waals surface area (Å²) in [6, 6.07) is 4.54. The molecular formula is C12H10Cl2N2O5S. The van der Waals surface area contributed by atoms with Crippen LogP contribution >= 0.6 is 23.2 Å². The van der Waals surface area contributed by atoms with Crippen molar-refractivity contribution < 1.29 is 22.7 Å². The highest BCUT2D eigenvalue weighted by molar-refractivity contribution is 7.91. The van der Waals surface area contributed by atoms with Crippen LogP contribution in [0.4, 0.5) is 0 Å². The Bertz CT molecular complexity index is 804. The van der Waals surface area contributed by atoms with E-state index < -0.39 is 26.8 Å². The summed E-state index contributed by atoms with van der Waals surface area (Å²) in [5, 5.41) is 15.7. The monoisotopic (exact) mass is 364 g/mol. The van der Waals surface area contributed by atoms with E-state index in [1.165, 1.54) is 12.1 Å². The molecule has 118 valence electrons. The zero-order valence-corrected chi connectivity index (χ0v) is 13.3. The summed E-state index contributed by atoms with van der Waals surface area (Å²) in [5.41, 5.74) is 0.352. The van der Waals surface area contributed by atoms with Crippen LogP contribution in [0.5, 0.6) is 0 Å². The minimum absolute atomic E-state index is 0.0446. The Morgan fingerprint density at radius 1 is 1.27 bits per heavy atom. The summed E-state index contributed by atoms with van der Waals surface area (Å²) >= 11 is 11.7. The number of carboxylic acids is 1. The zero-order valence-electron chi connectivity index (χ0n) is 11.0. The van der Waals surface area contributed by atoms with Crippen LogP contribution in [0.25, 0.3) is 11.5 Å². The fourth-order valence-electron chi connectivity index (χ4n) is 1.61. The predicted octanol–water partition coefficient (Wildman–Crippen LogP) is 2.68. The number of nitrogens with zero attached hydrogens (tertiary/aromatic N) is 2. The summed E-state index contributed by atoms with van der Waals surface area (Å²) in [4.78, 5) is 10.4. The highest BCUT2D eigenvalue weighted by Gasteiger charge is 2.23. The number of hydrogen-bond donors (Lipinski definition) is 1. The van der Waals surface area contributed by atoms with Gasteiger partial charge in [0.15, 0.2) is 0 Å². The largest absolute Gasteiger partial charge is 0.481 e. The van der Waals surface area contributed by atoms with Gasteiger partial charge in [-0.1, -0.05) is 28.3 Å². The molecule has 0 bridgehead atoms. The maximum Gasteiger partial charge on any atom is 0.335 e. The molecule has 1 heterocycles. The normalized spacial score (nSPS) is 11.5. The van der Waals surface area contributed by atoms with Gasteiger partial charge in [-0.05, 0) is 24.6 Å². The van der Waals surface area contributed by atoms with Crippen LogP contribution in [-0.2, 0) is 14.6 Å². The minimum atomic E-state index is -3.84. The van der Waals surface area contributed by atoms with Crippen molar-refractivity contribution in [2.45, 2.75) is 18.1 Å². The summed E-state index contributed by atoms with van der Waals surface area (Å²) in [6.45, 7) is 0. The van der Waals surface area contributed by atoms with Crippen LogP contribution in [0, 0.1) is 0 Å². The molecular weight excluding hydrogens is 355 g/mol. The Balaban J connectivity index is 2.22. The Kier molecular flexibility index (Phi) is 5.05. The van der Waals surface area contributed by atoms with Gasteiger partial charge in [-0.3, -0.25) is 4.79 Å². The molecule has 1 aromatic heterocycles. The van der Waals surface area contributed by atoms with Gasteiger partial charge in [0.25, 0.3) is 0 Å². The van der Waals surface area contributed by atoms with Crippen molar-refractivity contribution in [1.29, 1.82) is 0 Å². The molecule has 0 aliphatic rings. The molecule has 0 unspecified atom stereocenters. The van der Waals surface area contributed by atoms with E-state index in [1.54, 1.807) is 6.07 Å². The van der Waals surface area contributed by atoms with E-state index in [4.69, 9.17) is 32.7 Å². The van der Waals surface area contributed by atoms with E-state index in [9.17, 15) is 13.2 Å². The Labute approximate surface area is 135 Å². The lowest BCUT2D eigenvalue weighted by atomic mass is 10.2. The van der Waals surface area contributed by atoms with Crippen molar-refractivity contribution in [3.05, 3.63) is 28.2 Å². The number of sulfone groups is 1. The summed E-state index contributed by atoms with van der Waals surface area (Å²) in [7, 11) is -3.84. The Hall–Kier alpha value is -1.64. The number of carboxylic acid groups (broad SMARTS) is 1. The predicted molar refractivity (Wildman–Crippen MR) is 78.7 cm³/mol. The molecule has 0 aliphatic heterocycles. The highest BCUT2D eigenvalue weighted by Crippen LogP contribution is 2.30. The zero-order chi connectivity index (χ0) is 16.3. The van der Waals surface area contributed by atoms with Gasteiger partial charge in [0.2, 0.25) is 15.7 Å². The van der Waals surface area contributed by atoms with E-state index in [0.29, 0.717) is 10.6 Å². The first-order valence-electron chi connectivity index (χ1n) is 6.03. The smallest absolute Gasteiger partial charge is 0.335 e. The second-order valence-electron chi connectivity index (χ2n) is 4.31. The third-order valence-corrected chi connectivity index (χ3v) is 4.71. The van der Waals surface area contributed by atoms with Crippen molar-refractivity contribution >= 4 is 39.0 Å². The number of benzene rings is 1. The fraction of sp³-hybridized carbons (Fsp3) is 0.250. The number of aliphatic carboxylic acids is 1. The quantitative estimate of drug-likeness (QED) is 0.838. The lowest BCUT2D eigenvalue weighted by molar-refractivity contribution is -0.137. The number of hydrogen-bond acceptors (Lipinski definition) is 6. The van der Waals surface area contributed by atoms with Crippen LogP contribution in [0.1, 0.15) is 12.8 Å². The average Bonchev–Trinajstić information content (AvgIpc) is 2.88. The molecule has 10 heteroatoms. The van der Waals surface area contributed by atoms with Crippen LogP contribution < -0.4 is 0 Å². The molecule has 0 amide bonds. The van der Waals surface area contributed by atoms with E-state index in [2.05, 4.69) is 10.2 Å². The Morgan fingerprint density at radius 2 is 2.00 bits per heavy atom. The van der Waals surface area contributed by atoms with Gasteiger partial charge in [0.05, 0.1) is 16.3 Å². The van der Waals surface area contributed by atoms with Gasteiger partial charge in [0.1, 0.15) is 0 Å². The molecule has 2 aromatic rings. The number of carbonyl (C=O) groups is 1. The first-order chi connectivity index (χ1) is 10.3. The van der Waals surface area contributed by atoms with Crippen molar-refractivity contribution in [3.63, 3.8) is 0 Å². The summed E-state index contributed by atoms with van der Waals surface area (Å²) in [5.74, 6) is -1.53. The Morgan fingerprint density at radius 3 is 2.64 bits per heavy atom. The molecule has 0 fully saturated rings. The molecule has 0 aliphatic carbocycles. The maximum absolute atomic E-state index is 12.0. The standard InChI is InChI=1S/C12H10Cl2N2O5S/c13-7-3-4-8(9(14)6-7)11-15-16-12(21-11)22(19,20)5-1-2-10(17)18/h3-4,6H,1-2,5H2,(H,17,18). The van der Waals surface area contributed by atoms with E-state index >= 15 is 0 Å². The van der Waals surface area contributed by atoms with E-state index in [1.807, 2.05) is 0 Å². The van der Waals surface area contributed by atoms with Gasteiger partial charge in [0, 0.05) is 11.4 Å². The summed E-state index contributed by atoms with van der Waals surface area (Å²) < 4.78 is 29.0. The minimum Gasteiger partial charge on any atom is -0.481 e. The first-order valence-corrected chi connectivity index (χ1v) is 8.44. The van der Waals surface area contributed by atoms with Gasteiger partial charge >= 0.3 is 11.2 Å².